The molecule has 1 saturated carbocycles. The maximum atomic E-state index is 13.0. The Morgan fingerprint density at radius 2 is 2.00 bits per heavy atom. The van der Waals surface area contributed by atoms with Crippen molar-refractivity contribution < 1.29 is 4.79 Å². The number of hydrogen-bond acceptors (Lipinski definition) is 4. The van der Waals surface area contributed by atoms with Crippen LogP contribution < -0.4 is 5.32 Å². The first-order chi connectivity index (χ1) is 14.6. The Bertz CT molecular complexity index is 1070. The van der Waals surface area contributed by atoms with Crippen molar-refractivity contribution in [1.29, 1.82) is 0 Å². The van der Waals surface area contributed by atoms with Gasteiger partial charge in [0, 0.05) is 23.2 Å². The molecule has 1 aliphatic rings. The Labute approximate surface area is 189 Å². The van der Waals surface area contributed by atoms with Crippen molar-refractivity contribution in [2.24, 2.45) is 0 Å². The van der Waals surface area contributed by atoms with E-state index in [-0.39, 0.29) is 11.9 Å². The SMILES string of the molecule is C=CCn1c(S[C@H](C(=O)NC2CC2)c2ccccc2)nnc1-c1ccc(Cl)cc1Cl. The molecule has 1 aromatic heterocycles. The largest absolute Gasteiger partial charge is 0.352 e. The van der Waals surface area contributed by atoms with Crippen LogP contribution in [-0.2, 0) is 11.3 Å². The summed E-state index contributed by atoms with van der Waals surface area (Å²) in [7, 11) is 0. The number of nitrogens with zero attached hydrogens (tertiary/aromatic N) is 3. The average Bonchev–Trinajstić information content (AvgIpc) is 3.47. The highest BCUT2D eigenvalue weighted by molar-refractivity contribution is 8.00. The van der Waals surface area contributed by atoms with E-state index in [0.29, 0.717) is 27.6 Å². The van der Waals surface area contributed by atoms with Crippen LogP contribution in [0.3, 0.4) is 0 Å². The number of carbonyl (C=O) groups excluding carboxylic acids is 1. The Morgan fingerprint density at radius 1 is 1.23 bits per heavy atom. The average molecular weight is 459 g/mol. The number of rotatable bonds is 8. The lowest BCUT2D eigenvalue weighted by atomic mass is 10.1. The summed E-state index contributed by atoms with van der Waals surface area (Å²) in [5.41, 5.74) is 1.64. The van der Waals surface area contributed by atoms with Crippen molar-refractivity contribution in [3.05, 3.63) is 76.8 Å². The van der Waals surface area contributed by atoms with Crippen molar-refractivity contribution in [2.45, 2.75) is 35.8 Å². The number of hydrogen-bond donors (Lipinski definition) is 1. The molecule has 1 fully saturated rings. The molecule has 0 radical (unpaired) electrons. The standard InChI is InChI=1S/C22H20Cl2N4OS/c1-2-12-28-20(17-11-8-15(23)13-18(17)24)26-27-22(28)30-19(14-6-4-3-5-7-14)21(29)25-16-9-10-16/h2-8,11,13,16,19H,1,9-10,12H2,(H,25,29)/t19-/m0/s1. The van der Waals surface area contributed by atoms with Gasteiger partial charge >= 0.3 is 0 Å². The second-order valence-corrected chi connectivity index (χ2v) is 8.94. The molecule has 0 aliphatic heterocycles. The van der Waals surface area contributed by atoms with E-state index in [9.17, 15) is 4.79 Å². The van der Waals surface area contributed by atoms with Crippen molar-refractivity contribution >= 4 is 40.9 Å². The van der Waals surface area contributed by atoms with Gasteiger partial charge in [-0.25, -0.2) is 0 Å². The van der Waals surface area contributed by atoms with E-state index in [4.69, 9.17) is 23.2 Å². The summed E-state index contributed by atoms with van der Waals surface area (Å²) in [4.78, 5) is 13.0. The van der Waals surface area contributed by atoms with Gasteiger partial charge in [-0.1, -0.05) is 71.4 Å². The molecule has 1 N–H and O–H groups in total. The number of thioether (sulfide) groups is 1. The molecule has 1 atom stereocenters. The Morgan fingerprint density at radius 3 is 2.67 bits per heavy atom. The maximum absolute atomic E-state index is 13.0. The minimum Gasteiger partial charge on any atom is -0.352 e. The molecule has 154 valence electrons. The highest BCUT2D eigenvalue weighted by Gasteiger charge is 2.30. The topological polar surface area (TPSA) is 59.8 Å². The van der Waals surface area contributed by atoms with Crippen LogP contribution in [0.15, 0.2) is 66.3 Å². The molecule has 0 spiro atoms. The van der Waals surface area contributed by atoms with Gasteiger partial charge in [0.05, 0.1) is 5.02 Å². The van der Waals surface area contributed by atoms with E-state index in [1.807, 2.05) is 41.0 Å². The van der Waals surface area contributed by atoms with Crippen LogP contribution in [-0.4, -0.2) is 26.7 Å². The fourth-order valence-electron chi connectivity index (χ4n) is 3.05. The zero-order valence-electron chi connectivity index (χ0n) is 16.1. The molecule has 1 heterocycles. The molecule has 30 heavy (non-hydrogen) atoms. The summed E-state index contributed by atoms with van der Waals surface area (Å²) in [5.74, 6) is 0.585. The van der Waals surface area contributed by atoms with Crippen LogP contribution in [0.1, 0.15) is 23.7 Å². The highest BCUT2D eigenvalue weighted by atomic mass is 35.5. The first kappa shape index (κ1) is 21.0. The molecular weight excluding hydrogens is 439 g/mol. The quantitative estimate of drug-likeness (QED) is 0.355. The zero-order valence-corrected chi connectivity index (χ0v) is 18.4. The monoisotopic (exact) mass is 458 g/mol. The van der Waals surface area contributed by atoms with E-state index in [1.165, 1.54) is 11.8 Å². The van der Waals surface area contributed by atoms with Crippen molar-refractivity contribution in [1.82, 2.24) is 20.1 Å². The summed E-state index contributed by atoms with van der Waals surface area (Å²) in [5, 5.41) is 13.1. The molecule has 5 nitrogen and oxygen atoms in total. The lowest BCUT2D eigenvalue weighted by Crippen LogP contribution is -2.30. The van der Waals surface area contributed by atoms with Gasteiger partial charge in [0.15, 0.2) is 11.0 Å². The Kier molecular flexibility index (Phi) is 6.46. The van der Waals surface area contributed by atoms with Gasteiger partial charge in [0.2, 0.25) is 5.91 Å². The molecule has 2 aromatic carbocycles. The third-order valence-corrected chi connectivity index (χ3v) is 6.47. The van der Waals surface area contributed by atoms with Crippen molar-refractivity contribution in [3.8, 4) is 11.4 Å². The molecule has 0 saturated heterocycles. The van der Waals surface area contributed by atoms with Crippen LogP contribution in [0.2, 0.25) is 10.0 Å². The van der Waals surface area contributed by atoms with Crippen molar-refractivity contribution in [3.63, 3.8) is 0 Å². The summed E-state index contributed by atoms with van der Waals surface area (Å²) in [6.07, 6.45) is 3.83. The maximum Gasteiger partial charge on any atom is 0.238 e. The lowest BCUT2D eigenvalue weighted by Gasteiger charge is -2.17. The number of nitrogens with one attached hydrogen (secondary N) is 1. The Balaban J connectivity index is 1.70. The molecule has 3 aromatic rings. The molecule has 0 bridgehead atoms. The fourth-order valence-corrected chi connectivity index (χ4v) is 4.60. The number of aromatic nitrogens is 3. The fraction of sp³-hybridized carbons (Fsp3) is 0.227. The zero-order chi connectivity index (χ0) is 21.1. The third-order valence-electron chi connectivity index (χ3n) is 4.69. The van der Waals surface area contributed by atoms with E-state index in [0.717, 1.165) is 24.0 Å². The van der Waals surface area contributed by atoms with Gasteiger partial charge in [-0.3, -0.25) is 9.36 Å². The van der Waals surface area contributed by atoms with Gasteiger partial charge in [0.25, 0.3) is 0 Å². The van der Waals surface area contributed by atoms with Crippen LogP contribution in [0.4, 0.5) is 0 Å². The van der Waals surface area contributed by atoms with Crippen LogP contribution >= 0.6 is 35.0 Å². The number of carbonyl (C=O) groups is 1. The third kappa shape index (κ3) is 4.72. The minimum atomic E-state index is -0.437. The van der Waals surface area contributed by atoms with E-state index in [2.05, 4.69) is 22.1 Å². The first-order valence-corrected chi connectivity index (χ1v) is 11.2. The molecule has 1 amide bonds. The first-order valence-electron chi connectivity index (χ1n) is 9.58. The predicted molar refractivity (Wildman–Crippen MR) is 122 cm³/mol. The minimum absolute atomic E-state index is 0.0204. The number of halogens is 2. The Hall–Kier alpha value is -2.28. The molecule has 1 aliphatic carbocycles. The molecule has 8 heteroatoms. The summed E-state index contributed by atoms with van der Waals surface area (Å²) >= 11 is 13.8. The summed E-state index contributed by atoms with van der Waals surface area (Å²) in [6, 6.07) is 15.2. The normalized spacial score (nSPS) is 14.3. The smallest absolute Gasteiger partial charge is 0.238 e. The second kappa shape index (κ2) is 9.25. The summed E-state index contributed by atoms with van der Waals surface area (Å²) < 4.78 is 1.91. The van der Waals surface area contributed by atoms with E-state index < -0.39 is 5.25 Å². The highest BCUT2D eigenvalue weighted by Crippen LogP contribution is 2.38. The van der Waals surface area contributed by atoms with Crippen molar-refractivity contribution in [2.75, 3.05) is 0 Å². The lowest BCUT2D eigenvalue weighted by molar-refractivity contribution is -0.120. The van der Waals surface area contributed by atoms with Gasteiger partial charge in [-0.15, -0.1) is 16.8 Å². The predicted octanol–water partition coefficient (Wildman–Crippen LogP) is 5.55. The van der Waals surface area contributed by atoms with Gasteiger partial charge in [0.1, 0.15) is 5.25 Å². The summed E-state index contributed by atoms with van der Waals surface area (Å²) in [6.45, 7) is 4.33. The van der Waals surface area contributed by atoms with E-state index >= 15 is 0 Å². The van der Waals surface area contributed by atoms with Gasteiger partial charge in [-0.2, -0.15) is 0 Å². The second-order valence-electron chi connectivity index (χ2n) is 7.02. The van der Waals surface area contributed by atoms with Crippen LogP contribution in [0.25, 0.3) is 11.4 Å². The van der Waals surface area contributed by atoms with Gasteiger partial charge in [-0.05, 0) is 36.6 Å². The molecule has 0 unspecified atom stereocenters. The van der Waals surface area contributed by atoms with E-state index in [1.54, 1.807) is 18.2 Å². The number of allylic oxidation sites excluding steroid dienone is 1. The van der Waals surface area contributed by atoms with Gasteiger partial charge < -0.3 is 5.32 Å². The van der Waals surface area contributed by atoms with Crippen LogP contribution in [0.5, 0.6) is 0 Å². The van der Waals surface area contributed by atoms with Crippen LogP contribution in [0, 0.1) is 0 Å². The molecule has 4 rings (SSSR count). The number of amides is 1. The molecular formula is C22H20Cl2N4OS. The number of benzene rings is 2.